The van der Waals surface area contributed by atoms with Gasteiger partial charge in [0.2, 0.25) is 0 Å². The van der Waals surface area contributed by atoms with Crippen molar-refractivity contribution < 1.29 is 4.39 Å². The van der Waals surface area contributed by atoms with Crippen LogP contribution in [0.4, 0.5) is 15.8 Å². The lowest BCUT2D eigenvalue weighted by molar-refractivity contribution is 0.357. The fraction of sp³-hybridized carbons (Fsp3) is 0.333. The molecule has 2 aromatic carbocycles. The number of piperidine rings is 1. The predicted molar refractivity (Wildman–Crippen MR) is 170 cm³/mol. The van der Waals surface area contributed by atoms with Crippen LogP contribution in [-0.2, 0) is 0 Å². The van der Waals surface area contributed by atoms with Crippen molar-refractivity contribution in [3.8, 4) is 5.69 Å². The van der Waals surface area contributed by atoms with Gasteiger partial charge in [0, 0.05) is 42.0 Å². The monoisotopic (exact) mass is 587 g/mol. The van der Waals surface area contributed by atoms with Gasteiger partial charge in [0.25, 0.3) is 0 Å². The zero-order valence-electron chi connectivity index (χ0n) is 23.8. The fourth-order valence-electron chi connectivity index (χ4n) is 6.81. The van der Waals surface area contributed by atoms with E-state index in [1.807, 2.05) is 36.5 Å². The summed E-state index contributed by atoms with van der Waals surface area (Å²) in [4.78, 5) is 9.26. The number of benzene rings is 2. The van der Waals surface area contributed by atoms with Crippen molar-refractivity contribution in [3.63, 3.8) is 0 Å². The minimum Gasteiger partial charge on any atom is -0.370 e. The Morgan fingerprint density at radius 2 is 1.73 bits per heavy atom. The predicted octanol–water partition coefficient (Wildman–Crippen LogP) is 7.94. The first-order valence-electron chi connectivity index (χ1n) is 14.2. The molecular formula is C33H35ClFN5S. The molecule has 2 aromatic heterocycles. The number of pyridine rings is 1. The topological polar surface area (TPSA) is 36.3 Å². The number of thiocarbonyl (C=S) groups is 1. The average Bonchev–Trinajstić information content (AvgIpc) is 3.43. The van der Waals surface area contributed by atoms with Crippen LogP contribution >= 0.6 is 23.8 Å². The van der Waals surface area contributed by atoms with E-state index in [1.54, 1.807) is 12.1 Å². The van der Waals surface area contributed by atoms with Gasteiger partial charge in [-0.15, -0.1) is 0 Å². The van der Waals surface area contributed by atoms with Crippen LogP contribution in [0.2, 0.25) is 5.02 Å². The number of hydrogen-bond donors (Lipinski definition) is 1. The number of hydrogen-bond acceptors (Lipinski definition) is 3. The van der Waals surface area contributed by atoms with Crippen LogP contribution in [0.1, 0.15) is 55.0 Å². The second kappa shape index (κ2) is 11.1. The van der Waals surface area contributed by atoms with E-state index in [1.165, 1.54) is 12.5 Å². The number of nitrogens with zero attached hydrogens (tertiary/aromatic N) is 4. The standard InChI is InChI=1S/C33H35ClFN5S/c1-20-14-21(2)19-38(18-20)30-12-11-26(17-28(30)34)40-32(31(37-33(40)41)29-10-5-6-13-36-29)27-15-22(3)39(23(27)4)25-9-7-8-24(35)16-25/h5-13,15-17,20-21,31-32H,14,18-19H2,1-4H3,(H,37,41)/t20-,21-,31+,32-/m1/s1. The minimum atomic E-state index is -0.263. The maximum Gasteiger partial charge on any atom is 0.174 e. The van der Waals surface area contributed by atoms with E-state index in [4.69, 9.17) is 28.8 Å². The SMILES string of the molecule is Cc1cc([C@@H]2[C@H](c3ccccn3)NC(=S)N2c2ccc(N3C[C@H](C)C[C@@H](C)C3)c(Cl)c2)c(C)n1-c1cccc(F)c1. The average molecular weight is 588 g/mol. The van der Waals surface area contributed by atoms with E-state index >= 15 is 0 Å². The lowest BCUT2D eigenvalue weighted by Gasteiger charge is -2.37. The summed E-state index contributed by atoms with van der Waals surface area (Å²) < 4.78 is 16.3. The van der Waals surface area contributed by atoms with Crippen molar-refractivity contribution in [1.82, 2.24) is 14.9 Å². The van der Waals surface area contributed by atoms with Gasteiger partial charge >= 0.3 is 0 Å². The van der Waals surface area contributed by atoms with Crippen molar-refractivity contribution in [2.24, 2.45) is 11.8 Å². The molecule has 41 heavy (non-hydrogen) atoms. The van der Waals surface area contributed by atoms with E-state index in [-0.39, 0.29) is 17.9 Å². The van der Waals surface area contributed by atoms with Gasteiger partial charge in [0.1, 0.15) is 5.82 Å². The molecule has 2 saturated heterocycles. The van der Waals surface area contributed by atoms with Gasteiger partial charge in [0.15, 0.2) is 5.11 Å². The molecule has 4 atom stereocenters. The van der Waals surface area contributed by atoms with Gasteiger partial charge in [-0.25, -0.2) is 4.39 Å². The zero-order valence-corrected chi connectivity index (χ0v) is 25.4. The second-order valence-electron chi connectivity index (χ2n) is 11.6. The Labute approximate surface area is 252 Å². The number of rotatable bonds is 5. The molecule has 0 bridgehead atoms. The first kappa shape index (κ1) is 27.7. The first-order valence-corrected chi connectivity index (χ1v) is 15.0. The van der Waals surface area contributed by atoms with E-state index in [0.29, 0.717) is 16.9 Å². The van der Waals surface area contributed by atoms with Crippen molar-refractivity contribution in [2.75, 3.05) is 22.9 Å². The molecule has 0 amide bonds. The molecule has 0 aliphatic carbocycles. The smallest absolute Gasteiger partial charge is 0.174 e. The normalized spacial score (nSPS) is 22.7. The van der Waals surface area contributed by atoms with Gasteiger partial charge in [-0.3, -0.25) is 4.98 Å². The lowest BCUT2D eigenvalue weighted by atomic mass is 9.91. The molecule has 4 heterocycles. The van der Waals surface area contributed by atoms with Crippen LogP contribution < -0.4 is 15.1 Å². The summed E-state index contributed by atoms with van der Waals surface area (Å²) in [7, 11) is 0. The van der Waals surface area contributed by atoms with Crippen molar-refractivity contribution in [2.45, 2.75) is 46.2 Å². The van der Waals surface area contributed by atoms with Gasteiger partial charge in [-0.05, 0) is 104 Å². The van der Waals surface area contributed by atoms with E-state index in [9.17, 15) is 4.39 Å². The molecule has 4 aromatic rings. The molecule has 0 spiro atoms. The Bertz CT molecular complexity index is 1580. The van der Waals surface area contributed by atoms with E-state index < -0.39 is 0 Å². The van der Waals surface area contributed by atoms with Crippen molar-refractivity contribution in [3.05, 3.63) is 106 Å². The van der Waals surface area contributed by atoms with Gasteiger partial charge in [-0.2, -0.15) is 0 Å². The third-order valence-corrected chi connectivity index (χ3v) is 8.99. The largest absolute Gasteiger partial charge is 0.370 e. The molecule has 212 valence electrons. The molecule has 1 N–H and O–H groups in total. The molecule has 8 heteroatoms. The maximum atomic E-state index is 14.2. The highest BCUT2D eigenvalue weighted by atomic mass is 35.5. The fourth-order valence-corrected chi connectivity index (χ4v) is 7.45. The number of aryl methyl sites for hydroxylation is 1. The molecule has 0 radical (unpaired) electrons. The number of anilines is 2. The number of aromatic nitrogens is 2. The van der Waals surface area contributed by atoms with Gasteiger partial charge in [0.05, 0.1) is 28.5 Å². The Kier molecular flexibility index (Phi) is 7.51. The third-order valence-electron chi connectivity index (χ3n) is 8.37. The Morgan fingerprint density at radius 3 is 2.41 bits per heavy atom. The molecule has 0 saturated carbocycles. The van der Waals surface area contributed by atoms with Gasteiger partial charge < -0.3 is 19.7 Å². The summed E-state index contributed by atoms with van der Waals surface area (Å²) in [5.74, 6) is 0.990. The molecule has 6 rings (SSSR count). The van der Waals surface area contributed by atoms with Gasteiger partial charge in [-0.1, -0.05) is 37.6 Å². The summed E-state index contributed by atoms with van der Waals surface area (Å²) in [5.41, 5.74) is 6.81. The zero-order chi connectivity index (χ0) is 28.8. The highest BCUT2D eigenvalue weighted by Crippen LogP contribution is 2.45. The van der Waals surface area contributed by atoms with Crippen LogP contribution in [-0.4, -0.2) is 27.8 Å². The summed E-state index contributed by atoms with van der Waals surface area (Å²) in [6, 6.07) is 20.7. The molecule has 5 nitrogen and oxygen atoms in total. The Balaban J connectivity index is 1.44. The molecule has 2 aliphatic rings. The van der Waals surface area contributed by atoms with E-state index in [2.05, 4.69) is 65.6 Å². The number of halogens is 2. The lowest BCUT2D eigenvalue weighted by Crippen LogP contribution is -2.38. The highest BCUT2D eigenvalue weighted by Gasteiger charge is 2.42. The molecule has 0 unspecified atom stereocenters. The van der Waals surface area contributed by atoms with Crippen molar-refractivity contribution >= 4 is 40.3 Å². The third kappa shape index (κ3) is 5.22. The van der Waals surface area contributed by atoms with Crippen LogP contribution in [0.25, 0.3) is 5.69 Å². The second-order valence-corrected chi connectivity index (χ2v) is 12.4. The molecule has 2 aliphatic heterocycles. The summed E-state index contributed by atoms with van der Waals surface area (Å²) in [6.07, 6.45) is 3.05. The van der Waals surface area contributed by atoms with Crippen LogP contribution in [0, 0.1) is 31.5 Å². The Morgan fingerprint density at radius 1 is 0.951 bits per heavy atom. The summed E-state index contributed by atoms with van der Waals surface area (Å²) in [5, 5.41) is 4.89. The minimum absolute atomic E-state index is 0.188. The Hall–Kier alpha value is -3.42. The summed E-state index contributed by atoms with van der Waals surface area (Å²) in [6.45, 7) is 10.8. The molecular weight excluding hydrogens is 553 g/mol. The molecule has 2 fully saturated rings. The number of nitrogens with one attached hydrogen (secondary N) is 1. The van der Waals surface area contributed by atoms with Crippen molar-refractivity contribution in [1.29, 1.82) is 0 Å². The maximum absolute atomic E-state index is 14.2. The summed E-state index contributed by atoms with van der Waals surface area (Å²) >= 11 is 13.0. The quantitative estimate of drug-likeness (QED) is 0.240. The van der Waals surface area contributed by atoms with Crippen LogP contribution in [0.3, 0.4) is 0 Å². The first-order chi connectivity index (χ1) is 19.7. The van der Waals surface area contributed by atoms with Crippen LogP contribution in [0.5, 0.6) is 0 Å². The van der Waals surface area contributed by atoms with E-state index in [0.717, 1.165) is 57.8 Å². The van der Waals surface area contributed by atoms with Crippen LogP contribution in [0.15, 0.2) is 72.9 Å². The highest BCUT2D eigenvalue weighted by molar-refractivity contribution is 7.80.